The number of aromatic nitrogens is 3. The molecule has 0 unspecified atom stereocenters. The maximum Gasteiger partial charge on any atom is 0.339 e. The first kappa shape index (κ1) is 13.4. The van der Waals surface area contributed by atoms with Crippen molar-refractivity contribution in [3.8, 4) is 11.6 Å². The average Bonchev–Trinajstić information content (AvgIpc) is 2.83. The molecule has 0 atom stereocenters. The van der Waals surface area contributed by atoms with E-state index in [1.165, 1.54) is 12.1 Å². The zero-order valence-corrected chi connectivity index (χ0v) is 11.7. The molecule has 7 heteroatoms. The third-order valence-electron chi connectivity index (χ3n) is 2.99. The van der Waals surface area contributed by atoms with Crippen LogP contribution in [-0.4, -0.2) is 25.6 Å². The Bertz CT molecular complexity index is 845. The van der Waals surface area contributed by atoms with E-state index in [2.05, 4.69) is 9.97 Å². The minimum absolute atomic E-state index is 0.0303. The van der Waals surface area contributed by atoms with Crippen molar-refractivity contribution < 1.29 is 14.6 Å². The van der Waals surface area contributed by atoms with Crippen LogP contribution in [0.4, 0.5) is 0 Å². The summed E-state index contributed by atoms with van der Waals surface area (Å²) in [4.78, 5) is 19.6. The molecule has 0 aliphatic rings. The first-order valence-corrected chi connectivity index (χ1v) is 6.41. The van der Waals surface area contributed by atoms with Crippen LogP contribution >= 0.6 is 11.6 Å². The largest absolute Gasteiger partial charge is 0.478 e. The van der Waals surface area contributed by atoms with E-state index < -0.39 is 5.97 Å². The van der Waals surface area contributed by atoms with E-state index in [0.717, 1.165) is 5.52 Å². The SMILES string of the molecule is Cn1cnc2c(Oc3ccc(Cl)cc3C(=O)O)nccc21. The number of aromatic carboxylic acids is 1. The smallest absolute Gasteiger partial charge is 0.339 e. The summed E-state index contributed by atoms with van der Waals surface area (Å²) < 4.78 is 7.45. The van der Waals surface area contributed by atoms with Gasteiger partial charge in [-0.1, -0.05) is 11.6 Å². The van der Waals surface area contributed by atoms with Gasteiger partial charge in [-0.3, -0.25) is 0 Å². The topological polar surface area (TPSA) is 77.2 Å². The Kier molecular flexibility index (Phi) is 3.23. The molecule has 0 bridgehead atoms. The van der Waals surface area contributed by atoms with E-state index in [0.29, 0.717) is 10.5 Å². The summed E-state index contributed by atoms with van der Waals surface area (Å²) in [5, 5.41) is 9.53. The molecular weight excluding hydrogens is 294 g/mol. The minimum Gasteiger partial charge on any atom is -0.478 e. The number of hydrogen-bond donors (Lipinski definition) is 1. The van der Waals surface area contributed by atoms with Crippen molar-refractivity contribution in [2.75, 3.05) is 0 Å². The molecule has 6 nitrogen and oxygen atoms in total. The molecule has 2 aromatic heterocycles. The molecule has 0 aliphatic carbocycles. The van der Waals surface area contributed by atoms with E-state index in [4.69, 9.17) is 16.3 Å². The second-order valence-corrected chi connectivity index (χ2v) is 4.82. The number of nitrogens with zero attached hydrogens (tertiary/aromatic N) is 3. The Morgan fingerprint density at radius 3 is 2.90 bits per heavy atom. The average molecular weight is 304 g/mol. The Balaban J connectivity index is 2.09. The number of carboxylic acids is 1. The highest BCUT2D eigenvalue weighted by atomic mass is 35.5. The number of imidazole rings is 1. The lowest BCUT2D eigenvalue weighted by Crippen LogP contribution is -2.01. The summed E-state index contributed by atoms with van der Waals surface area (Å²) in [6.45, 7) is 0. The number of carbonyl (C=O) groups is 1. The standard InChI is InChI=1S/C14H10ClN3O3/c1-18-7-17-12-10(18)4-5-16-13(12)21-11-3-2-8(15)6-9(11)14(19)20/h2-7H,1H3,(H,19,20). The maximum absolute atomic E-state index is 11.3. The van der Waals surface area contributed by atoms with Crippen LogP contribution in [0.5, 0.6) is 11.6 Å². The van der Waals surface area contributed by atoms with Crippen molar-refractivity contribution in [1.29, 1.82) is 0 Å². The van der Waals surface area contributed by atoms with Crippen molar-refractivity contribution in [3.63, 3.8) is 0 Å². The number of pyridine rings is 1. The monoisotopic (exact) mass is 303 g/mol. The van der Waals surface area contributed by atoms with Gasteiger partial charge in [0.1, 0.15) is 11.3 Å². The molecule has 21 heavy (non-hydrogen) atoms. The molecule has 0 radical (unpaired) electrons. The number of benzene rings is 1. The normalized spacial score (nSPS) is 10.8. The summed E-state index contributed by atoms with van der Waals surface area (Å²) in [7, 11) is 1.85. The van der Waals surface area contributed by atoms with Crippen molar-refractivity contribution in [1.82, 2.24) is 14.5 Å². The predicted octanol–water partition coefficient (Wildman–Crippen LogP) is 3.11. The maximum atomic E-state index is 11.3. The molecule has 0 spiro atoms. The summed E-state index contributed by atoms with van der Waals surface area (Å²) >= 11 is 5.81. The summed E-state index contributed by atoms with van der Waals surface area (Å²) in [5.41, 5.74) is 1.37. The highest BCUT2D eigenvalue weighted by Gasteiger charge is 2.15. The van der Waals surface area contributed by atoms with Crippen LogP contribution in [0, 0.1) is 0 Å². The van der Waals surface area contributed by atoms with Crippen molar-refractivity contribution in [2.45, 2.75) is 0 Å². The number of halogens is 1. The lowest BCUT2D eigenvalue weighted by atomic mass is 10.2. The lowest BCUT2D eigenvalue weighted by Gasteiger charge is -2.08. The highest BCUT2D eigenvalue weighted by molar-refractivity contribution is 6.31. The third kappa shape index (κ3) is 2.41. The fourth-order valence-corrected chi connectivity index (χ4v) is 2.15. The molecule has 2 heterocycles. The van der Waals surface area contributed by atoms with E-state index in [9.17, 15) is 9.90 Å². The fourth-order valence-electron chi connectivity index (χ4n) is 1.97. The zero-order valence-electron chi connectivity index (χ0n) is 10.9. The van der Waals surface area contributed by atoms with Crippen molar-refractivity contribution in [2.24, 2.45) is 7.05 Å². The second-order valence-electron chi connectivity index (χ2n) is 4.39. The summed E-state index contributed by atoms with van der Waals surface area (Å²) in [6.07, 6.45) is 3.22. The lowest BCUT2D eigenvalue weighted by molar-refractivity contribution is 0.0694. The molecule has 0 amide bonds. The number of ether oxygens (including phenoxy) is 1. The van der Waals surface area contributed by atoms with Gasteiger partial charge in [-0.15, -0.1) is 0 Å². The predicted molar refractivity (Wildman–Crippen MR) is 77.0 cm³/mol. The number of carboxylic acid groups (broad SMARTS) is 1. The number of fused-ring (bicyclic) bond motifs is 1. The molecular formula is C14H10ClN3O3. The quantitative estimate of drug-likeness (QED) is 0.804. The summed E-state index contributed by atoms with van der Waals surface area (Å²) in [5.74, 6) is -0.712. The molecule has 3 aromatic rings. The van der Waals surface area contributed by atoms with E-state index in [1.54, 1.807) is 24.7 Å². The fraction of sp³-hybridized carbons (Fsp3) is 0.0714. The molecule has 0 saturated carbocycles. The minimum atomic E-state index is -1.12. The van der Waals surface area contributed by atoms with Crippen molar-refractivity contribution >= 4 is 28.6 Å². The first-order chi connectivity index (χ1) is 10.1. The van der Waals surface area contributed by atoms with Gasteiger partial charge in [-0.2, -0.15) is 0 Å². The Morgan fingerprint density at radius 1 is 1.33 bits per heavy atom. The Labute approximate surface area is 124 Å². The Hall–Kier alpha value is -2.60. The molecule has 3 rings (SSSR count). The molecule has 1 aromatic carbocycles. The first-order valence-electron chi connectivity index (χ1n) is 6.03. The van der Waals surface area contributed by atoms with E-state index in [1.807, 2.05) is 11.6 Å². The van der Waals surface area contributed by atoms with Gasteiger partial charge in [0.05, 0.1) is 11.8 Å². The van der Waals surface area contributed by atoms with Gasteiger partial charge >= 0.3 is 5.97 Å². The molecule has 0 aliphatic heterocycles. The van der Waals surface area contributed by atoms with E-state index >= 15 is 0 Å². The van der Waals surface area contributed by atoms with E-state index in [-0.39, 0.29) is 17.2 Å². The van der Waals surface area contributed by atoms with Gasteiger partial charge in [0.15, 0.2) is 5.52 Å². The zero-order chi connectivity index (χ0) is 15.0. The number of hydrogen-bond acceptors (Lipinski definition) is 4. The van der Waals surface area contributed by atoms with Crippen LogP contribution in [0.25, 0.3) is 11.0 Å². The molecule has 0 fully saturated rings. The highest BCUT2D eigenvalue weighted by Crippen LogP contribution is 2.30. The van der Waals surface area contributed by atoms with Gasteiger partial charge in [0.2, 0.25) is 5.88 Å². The number of rotatable bonds is 3. The third-order valence-corrected chi connectivity index (χ3v) is 3.22. The van der Waals surface area contributed by atoms with Gasteiger partial charge in [0, 0.05) is 18.3 Å². The van der Waals surface area contributed by atoms with Gasteiger partial charge < -0.3 is 14.4 Å². The van der Waals surface area contributed by atoms with Gasteiger partial charge in [-0.05, 0) is 24.3 Å². The van der Waals surface area contributed by atoms with Crippen LogP contribution in [0.1, 0.15) is 10.4 Å². The van der Waals surface area contributed by atoms with Crippen LogP contribution in [0.15, 0.2) is 36.8 Å². The second kappa shape index (κ2) is 5.06. The van der Waals surface area contributed by atoms with Crippen LogP contribution in [-0.2, 0) is 7.05 Å². The van der Waals surface area contributed by atoms with Crippen LogP contribution in [0.3, 0.4) is 0 Å². The van der Waals surface area contributed by atoms with Crippen LogP contribution in [0.2, 0.25) is 5.02 Å². The molecule has 0 saturated heterocycles. The van der Waals surface area contributed by atoms with Gasteiger partial charge in [-0.25, -0.2) is 14.8 Å². The van der Waals surface area contributed by atoms with Crippen molar-refractivity contribution in [3.05, 3.63) is 47.4 Å². The molecule has 1 N–H and O–H groups in total. The summed E-state index contributed by atoms with van der Waals surface area (Å²) in [6, 6.07) is 6.18. The Morgan fingerprint density at radius 2 is 2.14 bits per heavy atom. The van der Waals surface area contributed by atoms with Gasteiger partial charge in [0.25, 0.3) is 0 Å². The molecule has 106 valence electrons. The van der Waals surface area contributed by atoms with Crippen LogP contribution < -0.4 is 4.74 Å². The number of aryl methyl sites for hydroxylation is 1.